The molecule has 2 N–H and O–H groups in total. The van der Waals surface area contributed by atoms with Gasteiger partial charge >= 0.3 is 5.97 Å². The van der Waals surface area contributed by atoms with Crippen molar-refractivity contribution in [2.75, 3.05) is 7.11 Å². The van der Waals surface area contributed by atoms with E-state index in [1.165, 1.54) is 20.0 Å². The normalized spacial score (nSPS) is 47.0. The molecule has 0 spiro atoms. The third-order valence-corrected chi connectivity index (χ3v) is 4.97. The molecule has 0 aliphatic heterocycles. The minimum atomic E-state index is -0.0189. The summed E-state index contributed by atoms with van der Waals surface area (Å²) in [7, 11) is 1.48. The van der Waals surface area contributed by atoms with Crippen molar-refractivity contribution in [1.82, 2.24) is 0 Å². The maximum atomic E-state index is 11.4. The first-order valence-corrected chi connectivity index (χ1v) is 5.50. The highest BCUT2D eigenvalue weighted by Gasteiger charge is 2.72. The Morgan fingerprint density at radius 3 is 2.50 bits per heavy atom. The molecule has 14 heavy (non-hydrogen) atoms. The highest BCUT2D eigenvalue weighted by atomic mass is 16.5. The van der Waals surface area contributed by atoms with Crippen LogP contribution >= 0.6 is 0 Å². The number of ether oxygens (including phenoxy) is 1. The number of hydrogen-bond acceptors (Lipinski definition) is 3. The fourth-order valence-electron chi connectivity index (χ4n) is 3.73. The van der Waals surface area contributed by atoms with Gasteiger partial charge in [-0.1, -0.05) is 0 Å². The molecule has 0 aromatic rings. The maximum Gasteiger partial charge on any atom is 0.308 e. The van der Waals surface area contributed by atoms with Gasteiger partial charge in [0.25, 0.3) is 0 Å². The monoisotopic (exact) mass is 195 g/mol. The average molecular weight is 195 g/mol. The van der Waals surface area contributed by atoms with Crippen LogP contribution in [0.4, 0.5) is 0 Å². The number of nitrogens with two attached hydrogens (primary N) is 1. The lowest BCUT2D eigenvalue weighted by molar-refractivity contribution is -0.191. The first-order chi connectivity index (χ1) is 6.63. The fourth-order valence-corrected chi connectivity index (χ4v) is 3.73. The number of hydrogen-bond donors (Lipinski definition) is 1. The van der Waals surface area contributed by atoms with Gasteiger partial charge in [0.2, 0.25) is 0 Å². The van der Waals surface area contributed by atoms with Crippen molar-refractivity contribution in [2.45, 2.75) is 37.6 Å². The Bertz CT molecular complexity index is 298. The Balaban J connectivity index is 1.75. The van der Waals surface area contributed by atoms with Gasteiger partial charge in [0.1, 0.15) is 0 Å². The Morgan fingerprint density at radius 1 is 1.43 bits per heavy atom. The Morgan fingerprint density at radius 2 is 2.14 bits per heavy atom. The van der Waals surface area contributed by atoms with Gasteiger partial charge in [-0.25, -0.2) is 0 Å². The minimum absolute atomic E-state index is 0.0189. The van der Waals surface area contributed by atoms with Crippen LogP contribution in [0, 0.1) is 17.3 Å². The van der Waals surface area contributed by atoms with Crippen LogP contribution in [-0.4, -0.2) is 18.6 Å². The van der Waals surface area contributed by atoms with Crippen LogP contribution in [0.5, 0.6) is 0 Å². The van der Waals surface area contributed by atoms with E-state index in [0.717, 1.165) is 19.3 Å². The molecule has 3 rings (SSSR count). The smallest absolute Gasteiger partial charge is 0.308 e. The molecule has 3 aliphatic rings. The Labute approximate surface area is 84.0 Å². The van der Waals surface area contributed by atoms with Gasteiger partial charge in [-0.05, 0) is 43.4 Å². The number of methoxy groups -OCH3 is 1. The number of carbonyl (C=O) groups is 1. The summed E-state index contributed by atoms with van der Waals surface area (Å²) in [4.78, 5) is 11.4. The van der Waals surface area contributed by atoms with Crippen molar-refractivity contribution < 1.29 is 9.53 Å². The zero-order valence-electron chi connectivity index (χ0n) is 8.58. The second-order valence-electron chi connectivity index (χ2n) is 5.29. The standard InChI is InChI=1S/C11H17NO2/c1-14-9(13)7-6-10(3-2-8(7)10)11(12)4-5-11/h7-8H,2-6,12H2,1H3. The number of fused-ring (bicyclic) bond motifs is 1. The Kier molecular flexibility index (Phi) is 1.45. The first kappa shape index (κ1) is 8.72. The highest BCUT2D eigenvalue weighted by Crippen LogP contribution is 2.73. The van der Waals surface area contributed by atoms with Crippen molar-refractivity contribution >= 4 is 5.97 Å². The molecule has 0 radical (unpaired) electrons. The third-order valence-electron chi connectivity index (χ3n) is 4.97. The summed E-state index contributed by atoms with van der Waals surface area (Å²) >= 11 is 0. The van der Waals surface area contributed by atoms with E-state index in [4.69, 9.17) is 10.5 Å². The summed E-state index contributed by atoms with van der Waals surface area (Å²) in [6.45, 7) is 0. The van der Waals surface area contributed by atoms with E-state index in [9.17, 15) is 4.79 Å². The second kappa shape index (κ2) is 2.32. The highest BCUT2D eigenvalue weighted by molar-refractivity contribution is 5.75. The van der Waals surface area contributed by atoms with Crippen molar-refractivity contribution in [2.24, 2.45) is 23.0 Å². The van der Waals surface area contributed by atoms with Gasteiger partial charge in [0, 0.05) is 5.54 Å². The van der Waals surface area contributed by atoms with Crippen molar-refractivity contribution in [1.29, 1.82) is 0 Å². The third kappa shape index (κ3) is 0.761. The van der Waals surface area contributed by atoms with Crippen LogP contribution in [0.1, 0.15) is 32.1 Å². The summed E-state index contributed by atoms with van der Waals surface area (Å²) in [6, 6.07) is 0. The first-order valence-electron chi connectivity index (χ1n) is 5.50. The maximum absolute atomic E-state index is 11.4. The summed E-state index contributed by atoms with van der Waals surface area (Å²) in [5, 5.41) is 0. The summed E-state index contributed by atoms with van der Waals surface area (Å²) < 4.78 is 4.81. The topological polar surface area (TPSA) is 52.3 Å². The van der Waals surface area contributed by atoms with E-state index in [2.05, 4.69) is 0 Å². The molecule has 3 saturated carbocycles. The summed E-state index contributed by atoms with van der Waals surface area (Å²) in [5.41, 5.74) is 6.72. The number of rotatable bonds is 2. The second-order valence-corrected chi connectivity index (χ2v) is 5.29. The molecule has 3 unspecified atom stereocenters. The van der Waals surface area contributed by atoms with E-state index >= 15 is 0 Å². The molecule has 0 heterocycles. The molecule has 3 heteroatoms. The van der Waals surface area contributed by atoms with Gasteiger partial charge in [-0.2, -0.15) is 0 Å². The van der Waals surface area contributed by atoms with Gasteiger partial charge < -0.3 is 10.5 Å². The van der Waals surface area contributed by atoms with Gasteiger partial charge in [-0.15, -0.1) is 0 Å². The minimum Gasteiger partial charge on any atom is -0.469 e. The number of esters is 1. The van der Waals surface area contributed by atoms with Gasteiger partial charge in [-0.3, -0.25) is 4.79 Å². The van der Waals surface area contributed by atoms with Gasteiger partial charge in [0.15, 0.2) is 0 Å². The molecular weight excluding hydrogens is 178 g/mol. The largest absolute Gasteiger partial charge is 0.469 e. The zero-order valence-corrected chi connectivity index (χ0v) is 8.58. The van der Waals surface area contributed by atoms with Crippen molar-refractivity contribution in [3.8, 4) is 0 Å². The lowest BCUT2D eigenvalue weighted by Gasteiger charge is -2.65. The molecule has 0 aromatic heterocycles. The van der Waals surface area contributed by atoms with Crippen LogP contribution in [0.2, 0.25) is 0 Å². The average Bonchev–Trinajstić information content (AvgIpc) is 2.88. The predicted molar refractivity (Wildman–Crippen MR) is 51.4 cm³/mol. The lowest BCUT2D eigenvalue weighted by atomic mass is 9.39. The van der Waals surface area contributed by atoms with E-state index in [1.807, 2.05) is 0 Å². The molecule has 3 nitrogen and oxygen atoms in total. The van der Waals surface area contributed by atoms with Crippen LogP contribution in [0.3, 0.4) is 0 Å². The van der Waals surface area contributed by atoms with Crippen molar-refractivity contribution in [3.05, 3.63) is 0 Å². The van der Waals surface area contributed by atoms with E-state index in [-0.39, 0.29) is 17.4 Å². The lowest BCUT2D eigenvalue weighted by Crippen LogP contribution is -2.67. The molecule has 0 aromatic carbocycles. The molecule has 78 valence electrons. The van der Waals surface area contributed by atoms with E-state index < -0.39 is 0 Å². The summed E-state index contributed by atoms with van der Waals surface area (Å²) in [5.74, 6) is 0.687. The molecule has 3 aliphatic carbocycles. The molecular formula is C11H17NO2. The van der Waals surface area contributed by atoms with Crippen LogP contribution < -0.4 is 5.73 Å². The fraction of sp³-hybridized carbons (Fsp3) is 0.909. The molecule has 3 fully saturated rings. The Hall–Kier alpha value is -0.570. The zero-order chi connectivity index (χ0) is 9.97. The van der Waals surface area contributed by atoms with E-state index in [1.54, 1.807) is 0 Å². The molecule has 0 bridgehead atoms. The molecule has 0 saturated heterocycles. The quantitative estimate of drug-likeness (QED) is 0.670. The number of carbonyl (C=O) groups excluding carboxylic acids is 1. The summed E-state index contributed by atoms with van der Waals surface area (Å²) in [6.07, 6.45) is 5.73. The van der Waals surface area contributed by atoms with Gasteiger partial charge in [0.05, 0.1) is 13.0 Å². The van der Waals surface area contributed by atoms with Crippen LogP contribution in [0.25, 0.3) is 0 Å². The van der Waals surface area contributed by atoms with Crippen LogP contribution in [0.15, 0.2) is 0 Å². The van der Waals surface area contributed by atoms with Crippen LogP contribution in [-0.2, 0) is 9.53 Å². The predicted octanol–water partition coefficient (Wildman–Crippen LogP) is 1.07. The molecule has 3 atom stereocenters. The van der Waals surface area contributed by atoms with E-state index in [0.29, 0.717) is 11.3 Å². The molecule has 0 amide bonds. The van der Waals surface area contributed by atoms with Crippen molar-refractivity contribution in [3.63, 3.8) is 0 Å². The SMILES string of the molecule is COC(=O)C1CC2(C3(N)CC3)CCC12.